The third kappa shape index (κ3) is 3.74. The van der Waals surface area contributed by atoms with Crippen molar-refractivity contribution in [3.63, 3.8) is 0 Å². The number of halogens is 1. The van der Waals surface area contributed by atoms with E-state index in [2.05, 4.69) is 15.9 Å². The summed E-state index contributed by atoms with van der Waals surface area (Å²) in [6.07, 6.45) is 1.46. The van der Waals surface area contributed by atoms with Gasteiger partial charge in [0, 0.05) is 22.9 Å². The van der Waals surface area contributed by atoms with Crippen LogP contribution < -0.4 is 4.74 Å². The predicted octanol–water partition coefficient (Wildman–Crippen LogP) is 3.37. The summed E-state index contributed by atoms with van der Waals surface area (Å²) in [5, 5.41) is 10.9. The fourth-order valence-electron chi connectivity index (χ4n) is 1.85. The molecule has 0 aliphatic heterocycles. The van der Waals surface area contributed by atoms with Crippen molar-refractivity contribution in [2.24, 2.45) is 0 Å². The van der Waals surface area contributed by atoms with Crippen LogP contribution in [-0.4, -0.2) is 25.9 Å². The van der Waals surface area contributed by atoms with E-state index in [1.165, 1.54) is 12.1 Å². The van der Waals surface area contributed by atoms with Crippen molar-refractivity contribution in [2.45, 2.75) is 4.90 Å². The molecule has 0 fully saturated rings. The Balaban J connectivity index is 2.53. The van der Waals surface area contributed by atoms with E-state index >= 15 is 0 Å². The Morgan fingerprint density at radius 3 is 2.52 bits per heavy atom. The van der Waals surface area contributed by atoms with Crippen LogP contribution in [0.3, 0.4) is 0 Å². The first-order chi connectivity index (χ1) is 10.7. The van der Waals surface area contributed by atoms with Crippen molar-refractivity contribution in [3.8, 4) is 11.5 Å². The van der Waals surface area contributed by atoms with Crippen LogP contribution in [0.25, 0.3) is 0 Å². The van der Waals surface area contributed by atoms with Gasteiger partial charge in [-0.2, -0.15) is 0 Å². The van der Waals surface area contributed by atoms with E-state index < -0.39 is 25.3 Å². The number of nitrogens with zero attached hydrogens (tertiary/aromatic N) is 1. The van der Waals surface area contributed by atoms with Gasteiger partial charge in [0.05, 0.1) is 10.5 Å². The molecule has 0 atom stereocenters. The number of sulfone groups is 1. The molecule has 120 valence electrons. The SMILES string of the molecule is CS(=O)(=O)c1cc(Oc2cccc(Br)c2C=O)ccc1[N+](=O)[O-]. The van der Waals surface area contributed by atoms with Gasteiger partial charge < -0.3 is 4.74 Å². The van der Waals surface area contributed by atoms with Crippen LogP contribution in [0.15, 0.2) is 45.8 Å². The summed E-state index contributed by atoms with van der Waals surface area (Å²) >= 11 is 3.20. The molecule has 2 aromatic rings. The van der Waals surface area contributed by atoms with Crippen LogP contribution in [0, 0.1) is 10.1 Å². The Morgan fingerprint density at radius 1 is 1.26 bits per heavy atom. The van der Waals surface area contributed by atoms with Gasteiger partial charge in [0.25, 0.3) is 5.69 Å². The second-order valence-electron chi connectivity index (χ2n) is 4.53. The Kier molecular flexibility index (Phi) is 4.81. The number of aldehydes is 1. The summed E-state index contributed by atoms with van der Waals surface area (Å²) in [5.41, 5.74) is -0.295. The molecule has 0 spiro atoms. The summed E-state index contributed by atoms with van der Waals surface area (Å²) < 4.78 is 29.4. The van der Waals surface area contributed by atoms with Crippen LogP contribution in [0.1, 0.15) is 10.4 Å². The fraction of sp³-hybridized carbons (Fsp3) is 0.0714. The zero-order chi connectivity index (χ0) is 17.2. The molecule has 7 nitrogen and oxygen atoms in total. The van der Waals surface area contributed by atoms with Crippen molar-refractivity contribution < 1.29 is 22.9 Å². The summed E-state index contributed by atoms with van der Waals surface area (Å²) in [5.74, 6) is 0.264. The van der Waals surface area contributed by atoms with Crippen molar-refractivity contribution in [3.05, 3.63) is 56.5 Å². The smallest absolute Gasteiger partial charge is 0.288 e. The molecule has 0 aromatic heterocycles. The standard InChI is InChI=1S/C14H10BrNO6S/c1-23(20,21)14-7-9(5-6-12(14)16(18)19)22-13-4-2-3-11(15)10(13)8-17/h2-8H,1H3. The number of carbonyl (C=O) groups is 1. The zero-order valence-corrected chi connectivity index (χ0v) is 14.1. The highest BCUT2D eigenvalue weighted by atomic mass is 79.9. The van der Waals surface area contributed by atoms with E-state index in [1.54, 1.807) is 12.1 Å². The average Bonchev–Trinajstić information content (AvgIpc) is 2.46. The Morgan fingerprint density at radius 2 is 1.96 bits per heavy atom. The first kappa shape index (κ1) is 17.1. The maximum atomic E-state index is 11.7. The first-order valence-electron chi connectivity index (χ1n) is 6.14. The first-order valence-corrected chi connectivity index (χ1v) is 8.82. The van der Waals surface area contributed by atoms with Gasteiger partial charge in [0.2, 0.25) is 0 Å². The maximum Gasteiger partial charge on any atom is 0.288 e. The summed E-state index contributed by atoms with van der Waals surface area (Å²) in [7, 11) is -3.82. The third-order valence-corrected chi connectivity index (χ3v) is 4.70. The number of hydrogen-bond donors (Lipinski definition) is 0. The highest BCUT2D eigenvalue weighted by Gasteiger charge is 2.23. The molecule has 0 radical (unpaired) electrons. The van der Waals surface area contributed by atoms with E-state index in [9.17, 15) is 23.3 Å². The van der Waals surface area contributed by atoms with Crippen LogP contribution >= 0.6 is 15.9 Å². The van der Waals surface area contributed by atoms with Gasteiger partial charge in [0.1, 0.15) is 16.4 Å². The lowest BCUT2D eigenvalue weighted by molar-refractivity contribution is -0.387. The normalized spacial score (nSPS) is 11.0. The van der Waals surface area contributed by atoms with Crippen LogP contribution in [0.2, 0.25) is 0 Å². The molecular formula is C14H10BrNO6S. The lowest BCUT2D eigenvalue weighted by Gasteiger charge is -2.10. The summed E-state index contributed by atoms with van der Waals surface area (Å²) in [6.45, 7) is 0. The highest BCUT2D eigenvalue weighted by Crippen LogP contribution is 2.33. The lowest BCUT2D eigenvalue weighted by Crippen LogP contribution is -2.03. The topological polar surface area (TPSA) is 104 Å². The largest absolute Gasteiger partial charge is 0.457 e. The van der Waals surface area contributed by atoms with E-state index in [-0.39, 0.29) is 17.1 Å². The van der Waals surface area contributed by atoms with Crippen LogP contribution in [0.4, 0.5) is 5.69 Å². The second-order valence-corrected chi connectivity index (χ2v) is 7.37. The third-order valence-electron chi connectivity index (χ3n) is 2.89. The maximum absolute atomic E-state index is 11.7. The minimum Gasteiger partial charge on any atom is -0.457 e. The average molecular weight is 400 g/mol. The van der Waals surface area contributed by atoms with Gasteiger partial charge in [-0.15, -0.1) is 0 Å². The second kappa shape index (κ2) is 6.47. The number of nitro benzene ring substituents is 1. The van der Waals surface area contributed by atoms with E-state index in [1.807, 2.05) is 0 Å². The molecule has 0 bridgehead atoms. The molecule has 0 heterocycles. The molecule has 0 aliphatic rings. The van der Waals surface area contributed by atoms with Crippen LogP contribution in [-0.2, 0) is 9.84 Å². The van der Waals surface area contributed by atoms with Crippen LogP contribution in [0.5, 0.6) is 11.5 Å². The number of ether oxygens (including phenoxy) is 1. The Labute approximate surface area is 140 Å². The molecule has 9 heteroatoms. The number of hydrogen-bond acceptors (Lipinski definition) is 6. The zero-order valence-electron chi connectivity index (χ0n) is 11.7. The molecule has 23 heavy (non-hydrogen) atoms. The fourth-order valence-corrected chi connectivity index (χ4v) is 3.15. The lowest BCUT2D eigenvalue weighted by atomic mass is 10.2. The molecule has 2 aromatic carbocycles. The van der Waals surface area contributed by atoms with Crippen molar-refractivity contribution in [2.75, 3.05) is 6.26 Å². The molecule has 0 N–H and O–H groups in total. The molecule has 2 rings (SSSR count). The molecular weight excluding hydrogens is 390 g/mol. The van der Waals surface area contributed by atoms with Gasteiger partial charge in [-0.1, -0.05) is 6.07 Å². The number of nitro groups is 1. The number of carbonyl (C=O) groups excluding carboxylic acids is 1. The van der Waals surface area contributed by atoms with E-state index in [0.29, 0.717) is 10.8 Å². The van der Waals surface area contributed by atoms with E-state index in [4.69, 9.17) is 4.74 Å². The minimum absolute atomic E-state index is 0.0669. The van der Waals surface area contributed by atoms with Crippen molar-refractivity contribution in [1.82, 2.24) is 0 Å². The Hall–Kier alpha value is -2.26. The summed E-state index contributed by atoms with van der Waals surface area (Å²) in [4.78, 5) is 20.8. The van der Waals surface area contributed by atoms with Gasteiger partial charge in [-0.05, 0) is 34.1 Å². The van der Waals surface area contributed by atoms with Gasteiger partial charge in [-0.25, -0.2) is 8.42 Å². The predicted molar refractivity (Wildman–Crippen MR) is 85.8 cm³/mol. The van der Waals surface area contributed by atoms with Crippen molar-refractivity contribution in [1.29, 1.82) is 0 Å². The Bertz CT molecular complexity index is 894. The quantitative estimate of drug-likeness (QED) is 0.433. The molecule has 0 saturated carbocycles. The number of rotatable bonds is 5. The molecule has 0 aliphatic carbocycles. The summed E-state index contributed by atoms with van der Waals surface area (Å²) in [6, 6.07) is 8.18. The van der Waals surface area contributed by atoms with Gasteiger partial charge >= 0.3 is 0 Å². The minimum atomic E-state index is -3.82. The van der Waals surface area contributed by atoms with E-state index in [0.717, 1.165) is 18.4 Å². The number of benzene rings is 2. The molecule has 0 unspecified atom stereocenters. The van der Waals surface area contributed by atoms with Gasteiger partial charge in [0.15, 0.2) is 16.1 Å². The van der Waals surface area contributed by atoms with Crippen molar-refractivity contribution >= 4 is 37.7 Å². The molecule has 0 amide bonds. The van der Waals surface area contributed by atoms with Gasteiger partial charge in [-0.3, -0.25) is 14.9 Å². The molecule has 0 saturated heterocycles. The highest BCUT2D eigenvalue weighted by molar-refractivity contribution is 9.10. The monoisotopic (exact) mass is 399 g/mol.